The van der Waals surface area contributed by atoms with E-state index in [1.165, 1.54) is 11.6 Å². The van der Waals surface area contributed by atoms with Crippen LogP contribution in [0.4, 0.5) is 0 Å². The van der Waals surface area contributed by atoms with Crippen molar-refractivity contribution in [2.75, 3.05) is 6.54 Å². The van der Waals surface area contributed by atoms with E-state index in [9.17, 15) is 19.5 Å². The van der Waals surface area contributed by atoms with Crippen molar-refractivity contribution in [2.24, 2.45) is 7.05 Å². The molecule has 0 fully saturated rings. The average molecular weight is 386 g/mol. The van der Waals surface area contributed by atoms with E-state index in [1.54, 1.807) is 23.5 Å². The molecular formula is C19H18N2O5S. The monoisotopic (exact) mass is 386 g/mol. The fourth-order valence-electron chi connectivity index (χ4n) is 3.02. The van der Waals surface area contributed by atoms with Gasteiger partial charge in [0.15, 0.2) is 0 Å². The number of thiophene rings is 1. The molecule has 3 N–H and O–H groups in total. The van der Waals surface area contributed by atoms with Crippen molar-refractivity contribution in [3.63, 3.8) is 0 Å². The second-order valence-corrected chi connectivity index (χ2v) is 7.20. The van der Waals surface area contributed by atoms with Gasteiger partial charge in [0, 0.05) is 17.3 Å². The highest BCUT2D eigenvalue weighted by molar-refractivity contribution is 7.13. The van der Waals surface area contributed by atoms with Gasteiger partial charge in [-0.1, -0.05) is 0 Å². The summed E-state index contributed by atoms with van der Waals surface area (Å²) in [7, 11) is 1.51. The molecule has 1 amide bonds. The standard InChI is InChI=1S/C19H18N2O5S/c1-9-4-5-27-17(9)11-7-12-13(6-10(11)2)21(3)19(26)15(16(12)24)18(25)20-8-14(22)23/h4-7,24H,8H2,1-3H3,(H,20,25)(H,22,23). The number of hydrogen-bond acceptors (Lipinski definition) is 5. The highest BCUT2D eigenvalue weighted by Crippen LogP contribution is 2.36. The molecule has 0 aliphatic rings. The SMILES string of the molecule is Cc1cc2c(cc1-c1sccc1C)c(O)c(C(=O)NCC(=O)O)c(=O)n2C. The molecule has 0 bridgehead atoms. The normalized spacial score (nSPS) is 10.9. The molecule has 27 heavy (non-hydrogen) atoms. The zero-order chi connectivity index (χ0) is 19.9. The second-order valence-electron chi connectivity index (χ2n) is 6.28. The van der Waals surface area contributed by atoms with Crippen LogP contribution in [0.15, 0.2) is 28.4 Å². The first-order valence-corrected chi connectivity index (χ1v) is 9.01. The number of carboxylic acids is 1. The number of aryl methyl sites for hydroxylation is 3. The molecule has 3 aromatic rings. The van der Waals surface area contributed by atoms with Crippen LogP contribution in [0.1, 0.15) is 21.5 Å². The lowest BCUT2D eigenvalue weighted by Crippen LogP contribution is -2.35. The zero-order valence-electron chi connectivity index (χ0n) is 15.0. The molecule has 1 aromatic carbocycles. The summed E-state index contributed by atoms with van der Waals surface area (Å²) in [5.74, 6) is -2.62. The summed E-state index contributed by atoms with van der Waals surface area (Å²) >= 11 is 1.57. The Morgan fingerprint density at radius 2 is 1.93 bits per heavy atom. The third-order valence-corrected chi connectivity index (χ3v) is 5.50. The van der Waals surface area contributed by atoms with Crippen LogP contribution >= 0.6 is 11.3 Å². The minimum atomic E-state index is -1.24. The van der Waals surface area contributed by atoms with Gasteiger partial charge >= 0.3 is 5.97 Å². The van der Waals surface area contributed by atoms with Crippen molar-refractivity contribution in [3.8, 4) is 16.2 Å². The Morgan fingerprint density at radius 3 is 2.52 bits per heavy atom. The van der Waals surface area contributed by atoms with Gasteiger partial charge in [-0.3, -0.25) is 14.4 Å². The van der Waals surface area contributed by atoms with E-state index in [1.807, 2.05) is 25.3 Å². The van der Waals surface area contributed by atoms with Crippen LogP contribution in [-0.4, -0.2) is 33.2 Å². The number of rotatable bonds is 4. The largest absolute Gasteiger partial charge is 0.506 e. The molecule has 140 valence electrons. The molecule has 0 aliphatic carbocycles. The summed E-state index contributed by atoms with van der Waals surface area (Å²) in [6.07, 6.45) is 0. The summed E-state index contributed by atoms with van der Waals surface area (Å²) in [6, 6.07) is 5.55. The molecular weight excluding hydrogens is 368 g/mol. The number of aliphatic carboxylic acids is 1. The molecule has 0 saturated carbocycles. The first-order chi connectivity index (χ1) is 12.7. The third-order valence-electron chi connectivity index (χ3n) is 4.45. The van der Waals surface area contributed by atoms with Gasteiger partial charge in [0.2, 0.25) is 0 Å². The molecule has 0 spiro atoms. The Hall–Kier alpha value is -3.13. The van der Waals surface area contributed by atoms with Crippen LogP contribution in [0.5, 0.6) is 5.75 Å². The molecule has 3 rings (SSSR count). The van der Waals surface area contributed by atoms with Crippen LogP contribution in [0, 0.1) is 13.8 Å². The minimum Gasteiger partial charge on any atom is -0.506 e. The first kappa shape index (κ1) is 18.7. The van der Waals surface area contributed by atoms with Crippen molar-refractivity contribution < 1.29 is 19.8 Å². The second kappa shape index (κ2) is 6.88. The van der Waals surface area contributed by atoms with Gasteiger partial charge in [0.05, 0.1) is 5.52 Å². The van der Waals surface area contributed by atoms with Crippen molar-refractivity contribution in [3.05, 3.63) is 50.6 Å². The molecule has 0 radical (unpaired) electrons. The molecule has 7 nitrogen and oxygen atoms in total. The highest BCUT2D eigenvalue weighted by atomic mass is 32.1. The smallest absolute Gasteiger partial charge is 0.322 e. The van der Waals surface area contributed by atoms with Gasteiger partial charge in [-0.2, -0.15) is 0 Å². The molecule has 2 heterocycles. The Labute approximate surface area is 158 Å². The number of hydrogen-bond donors (Lipinski definition) is 3. The number of nitrogens with one attached hydrogen (secondary N) is 1. The van der Waals surface area contributed by atoms with Gasteiger partial charge in [-0.25, -0.2) is 0 Å². The van der Waals surface area contributed by atoms with Gasteiger partial charge in [-0.05, 0) is 54.1 Å². The maximum absolute atomic E-state index is 12.6. The molecule has 2 aromatic heterocycles. The summed E-state index contributed by atoms with van der Waals surface area (Å²) in [4.78, 5) is 36.6. The number of fused-ring (bicyclic) bond motifs is 1. The number of carbonyl (C=O) groups excluding carboxylic acids is 1. The topological polar surface area (TPSA) is 109 Å². The van der Waals surface area contributed by atoms with Crippen molar-refractivity contribution in [2.45, 2.75) is 13.8 Å². The number of aromatic nitrogens is 1. The Morgan fingerprint density at radius 1 is 1.22 bits per heavy atom. The average Bonchev–Trinajstić information content (AvgIpc) is 3.03. The molecule has 0 aliphatic heterocycles. The maximum Gasteiger partial charge on any atom is 0.322 e. The number of aromatic hydroxyl groups is 1. The number of carbonyl (C=O) groups is 2. The van der Waals surface area contributed by atoms with E-state index in [0.29, 0.717) is 10.9 Å². The van der Waals surface area contributed by atoms with E-state index in [0.717, 1.165) is 21.6 Å². The number of nitrogens with zero attached hydrogens (tertiary/aromatic N) is 1. The quantitative estimate of drug-likeness (QED) is 0.638. The number of benzene rings is 1. The third kappa shape index (κ3) is 3.19. The molecule has 0 saturated heterocycles. The van der Waals surface area contributed by atoms with Crippen molar-refractivity contribution >= 4 is 34.1 Å². The summed E-state index contributed by atoms with van der Waals surface area (Å²) in [5.41, 5.74) is 2.26. The lowest BCUT2D eigenvalue weighted by Gasteiger charge is -2.14. The fourth-order valence-corrected chi connectivity index (χ4v) is 4.02. The highest BCUT2D eigenvalue weighted by Gasteiger charge is 2.22. The summed E-state index contributed by atoms with van der Waals surface area (Å²) in [5, 5.41) is 23.8. The first-order valence-electron chi connectivity index (χ1n) is 8.13. The van der Waals surface area contributed by atoms with Gasteiger partial charge in [-0.15, -0.1) is 11.3 Å². The predicted octanol–water partition coefficient (Wildman–Crippen LogP) is 2.40. The van der Waals surface area contributed by atoms with Gasteiger partial charge < -0.3 is 20.1 Å². The van der Waals surface area contributed by atoms with E-state index in [-0.39, 0.29) is 0 Å². The van der Waals surface area contributed by atoms with Crippen LogP contribution in [0.25, 0.3) is 21.3 Å². The Balaban J connectivity index is 2.27. The van der Waals surface area contributed by atoms with E-state index >= 15 is 0 Å². The lowest BCUT2D eigenvalue weighted by atomic mass is 9.99. The molecule has 0 atom stereocenters. The Kier molecular flexibility index (Phi) is 4.75. The fraction of sp³-hybridized carbons (Fsp3) is 0.211. The van der Waals surface area contributed by atoms with Crippen molar-refractivity contribution in [1.82, 2.24) is 9.88 Å². The van der Waals surface area contributed by atoms with Crippen LogP contribution in [0.3, 0.4) is 0 Å². The van der Waals surface area contributed by atoms with Crippen LogP contribution in [0.2, 0.25) is 0 Å². The lowest BCUT2D eigenvalue weighted by molar-refractivity contribution is -0.135. The number of pyridine rings is 1. The van der Waals surface area contributed by atoms with Gasteiger partial charge in [0.1, 0.15) is 17.9 Å². The zero-order valence-corrected chi connectivity index (χ0v) is 15.8. The van der Waals surface area contributed by atoms with E-state index in [4.69, 9.17) is 5.11 Å². The number of carboxylic acid groups (broad SMARTS) is 1. The minimum absolute atomic E-state index is 0.353. The molecule has 8 heteroatoms. The predicted molar refractivity (Wildman–Crippen MR) is 104 cm³/mol. The van der Waals surface area contributed by atoms with Crippen LogP contribution in [-0.2, 0) is 11.8 Å². The number of amides is 1. The van der Waals surface area contributed by atoms with E-state index in [2.05, 4.69) is 5.32 Å². The maximum atomic E-state index is 12.6. The Bertz CT molecular complexity index is 1140. The summed E-state index contributed by atoms with van der Waals surface area (Å²) in [6.45, 7) is 3.26. The van der Waals surface area contributed by atoms with Crippen LogP contribution < -0.4 is 10.9 Å². The van der Waals surface area contributed by atoms with Gasteiger partial charge in [0.25, 0.3) is 11.5 Å². The van der Waals surface area contributed by atoms with Crippen molar-refractivity contribution in [1.29, 1.82) is 0 Å². The summed E-state index contributed by atoms with van der Waals surface area (Å²) < 4.78 is 1.28. The van der Waals surface area contributed by atoms with E-state index < -0.39 is 35.3 Å². The molecule has 0 unspecified atom stereocenters.